The predicted octanol–water partition coefficient (Wildman–Crippen LogP) is 7.72. The molecule has 0 aliphatic carbocycles. The van der Waals surface area contributed by atoms with Crippen LogP contribution >= 0.6 is 0 Å². The fourth-order valence-electron chi connectivity index (χ4n) is 6.76. The summed E-state index contributed by atoms with van der Waals surface area (Å²) >= 11 is 0. The summed E-state index contributed by atoms with van der Waals surface area (Å²) in [4.78, 5) is 60.0. The second-order valence-corrected chi connectivity index (χ2v) is 13.3. The Morgan fingerprint density at radius 2 is 1.58 bits per heavy atom. The summed E-state index contributed by atoms with van der Waals surface area (Å²) in [6.45, 7) is 1.70. The quantitative estimate of drug-likeness (QED) is 0.0632. The summed E-state index contributed by atoms with van der Waals surface area (Å²) in [7, 11) is 0. The second kappa shape index (κ2) is 16.5. The molecule has 0 saturated heterocycles. The van der Waals surface area contributed by atoms with Crippen molar-refractivity contribution in [3.63, 3.8) is 0 Å². The van der Waals surface area contributed by atoms with Gasteiger partial charge in [0.2, 0.25) is 18.5 Å². The molecule has 5 aromatic carbocycles. The average molecular weight is 739 g/mol. The average Bonchev–Trinajstić information content (AvgIpc) is 3.86. The Bertz CT molecular complexity index is 2350. The summed E-state index contributed by atoms with van der Waals surface area (Å²) in [6.07, 6.45) is 3.12. The molecule has 1 aliphatic heterocycles. The lowest BCUT2D eigenvalue weighted by atomic mass is 9.87. The summed E-state index contributed by atoms with van der Waals surface area (Å²) in [5.74, 6) is -5.43. The number of hydrogen-bond donors (Lipinski definition) is 1. The minimum Gasteiger partial charge on any atom is -0.481 e. The van der Waals surface area contributed by atoms with E-state index in [0.717, 1.165) is 21.9 Å². The number of ketones is 1. The van der Waals surface area contributed by atoms with E-state index in [0.29, 0.717) is 40.5 Å². The number of Topliss-reactive ketones (excluding diaryl/α,β-unsaturated/α-hetero) is 1. The number of fused-ring (bicyclic) bond motifs is 3. The van der Waals surface area contributed by atoms with Gasteiger partial charge in [-0.2, -0.15) is 0 Å². The van der Waals surface area contributed by atoms with Gasteiger partial charge in [0, 0.05) is 18.5 Å². The topological polar surface area (TPSA) is 145 Å². The number of hydrogen-bond acceptors (Lipinski definition) is 9. The molecule has 3 atom stereocenters. The molecular formula is C44H38N2O9. The van der Waals surface area contributed by atoms with Gasteiger partial charge < -0.3 is 28.6 Å². The third kappa shape index (κ3) is 8.57. The second-order valence-electron chi connectivity index (χ2n) is 13.3. The highest BCUT2D eigenvalue weighted by atomic mass is 16.7. The summed E-state index contributed by atoms with van der Waals surface area (Å²) in [5, 5.41) is 11.7. The van der Waals surface area contributed by atoms with Crippen molar-refractivity contribution in [1.82, 2.24) is 9.88 Å². The van der Waals surface area contributed by atoms with Crippen molar-refractivity contribution in [3.8, 4) is 11.5 Å². The third-order valence-corrected chi connectivity index (χ3v) is 9.70. The summed E-state index contributed by atoms with van der Waals surface area (Å²) in [5.41, 5.74) is 3.54. The standard InChI is InChI=1S/C44H38N2O9/c1-28(34(33-20-21-38-39(23-33)54-27-53-38)14-9-17-40-45-36-15-7-8-16-37(36)55-40)46(25-30-18-19-31-12-5-6-13-32(31)22-30)43(50)42(49)35(24-41(47)48)44(51)52-26-29-10-3-2-4-11-29/h2-13,15-23,28,34-35H,14,24-27H2,1H3,(H,47,48)/t28-,34+,35?/m1/s1. The fourth-order valence-corrected chi connectivity index (χ4v) is 6.76. The van der Waals surface area contributed by atoms with Crippen molar-refractivity contribution >= 4 is 51.6 Å². The number of aromatic nitrogens is 1. The Morgan fingerprint density at radius 1 is 0.836 bits per heavy atom. The van der Waals surface area contributed by atoms with Crippen LogP contribution in [0.2, 0.25) is 0 Å². The maximum atomic E-state index is 14.6. The first kappa shape index (κ1) is 36.6. The van der Waals surface area contributed by atoms with E-state index >= 15 is 0 Å². The van der Waals surface area contributed by atoms with E-state index in [4.69, 9.17) is 18.6 Å². The Kier molecular flexibility index (Phi) is 11.0. The molecule has 0 bridgehead atoms. The number of carbonyl (C=O) groups excluding carboxylic acids is 3. The van der Waals surface area contributed by atoms with Crippen LogP contribution in [-0.4, -0.2) is 51.5 Å². The van der Waals surface area contributed by atoms with Gasteiger partial charge in [-0.1, -0.05) is 91.0 Å². The van der Waals surface area contributed by atoms with Gasteiger partial charge in [-0.3, -0.25) is 19.2 Å². The number of rotatable bonds is 15. The van der Waals surface area contributed by atoms with Gasteiger partial charge in [-0.15, -0.1) is 0 Å². The highest BCUT2D eigenvalue weighted by Crippen LogP contribution is 2.38. The Labute approximate surface area is 316 Å². The Hall–Kier alpha value is -6.75. The van der Waals surface area contributed by atoms with Gasteiger partial charge in [0.05, 0.1) is 6.42 Å². The van der Waals surface area contributed by atoms with Crippen molar-refractivity contribution in [2.24, 2.45) is 5.92 Å². The van der Waals surface area contributed by atoms with E-state index in [1.165, 1.54) is 4.90 Å². The molecule has 278 valence electrons. The predicted molar refractivity (Wildman–Crippen MR) is 204 cm³/mol. The minimum atomic E-state index is -1.86. The van der Waals surface area contributed by atoms with E-state index in [-0.39, 0.29) is 19.9 Å². The highest BCUT2D eigenvalue weighted by molar-refractivity contribution is 6.40. The molecule has 0 saturated carbocycles. The fraction of sp³-hybridized carbons (Fsp3) is 0.205. The summed E-state index contributed by atoms with van der Waals surface area (Å²) < 4.78 is 22.6. The van der Waals surface area contributed by atoms with Gasteiger partial charge in [0.1, 0.15) is 18.0 Å². The van der Waals surface area contributed by atoms with Gasteiger partial charge in [-0.05, 0) is 77.2 Å². The molecule has 1 N–H and O–H groups in total. The van der Waals surface area contributed by atoms with E-state index in [2.05, 4.69) is 4.98 Å². The SMILES string of the molecule is C[C@H]([C@H](CC=Cc1nc2ccccc2o1)c1ccc2c(c1)OCO2)N(Cc1ccc2ccccc2c1)C(=O)C(=O)C(CC(=O)O)C(=O)OCc1ccccc1. The number of nitrogens with zero attached hydrogens (tertiary/aromatic N) is 2. The van der Waals surface area contributed by atoms with Crippen LogP contribution in [0.1, 0.15) is 48.3 Å². The van der Waals surface area contributed by atoms with Crippen molar-refractivity contribution in [3.05, 3.63) is 144 Å². The van der Waals surface area contributed by atoms with Crippen LogP contribution in [0.4, 0.5) is 0 Å². The van der Waals surface area contributed by atoms with Crippen LogP contribution in [0.5, 0.6) is 11.5 Å². The number of aliphatic carboxylic acids is 1. The zero-order valence-corrected chi connectivity index (χ0v) is 30.0. The Morgan fingerprint density at radius 3 is 2.38 bits per heavy atom. The molecular weight excluding hydrogens is 700 g/mol. The monoisotopic (exact) mass is 738 g/mol. The van der Waals surface area contributed by atoms with E-state index in [1.807, 2.05) is 91.9 Å². The van der Waals surface area contributed by atoms with Crippen LogP contribution in [0.25, 0.3) is 27.9 Å². The number of esters is 1. The molecule has 0 radical (unpaired) electrons. The normalized spacial score (nSPS) is 13.8. The first-order chi connectivity index (χ1) is 26.7. The lowest BCUT2D eigenvalue weighted by Gasteiger charge is -2.35. The zero-order chi connectivity index (χ0) is 38.3. The highest BCUT2D eigenvalue weighted by Gasteiger charge is 2.40. The van der Waals surface area contributed by atoms with Gasteiger partial charge in [0.25, 0.3) is 5.91 Å². The lowest BCUT2D eigenvalue weighted by Crippen LogP contribution is -2.48. The van der Waals surface area contributed by atoms with E-state index in [9.17, 15) is 24.3 Å². The van der Waals surface area contributed by atoms with Crippen LogP contribution < -0.4 is 9.47 Å². The first-order valence-electron chi connectivity index (χ1n) is 17.9. The molecule has 2 heterocycles. The number of allylic oxidation sites excluding steroid dienone is 1. The largest absolute Gasteiger partial charge is 0.481 e. The minimum absolute atomic E-state index is 0.00861. The first-order valence-corrected chi connectivity index (χ1v) is 17.9. The van der Waals surface area contributed by atoms with Crippen LogP contribution in [0.15, 0.2) is 126 Å². The lowest BCUT2D eigenvalue weighted by molar-refractivity contribution is -0.162. The summed E-state index contributed by atoms with van der Waals surface area (Å²) in [6, 6.07) is 34.6. The van der Waals surface area contributed by atoms with Gasteiger partial charge >= 0.3 is 11.9 Å². The molecule has 0 fully saturated rings. The number of carboxylic acids is 1. The number of carbonyl (C=O) groups is 4. The van der Waals surface area contributed by atoms with Gasteiger partial charge in [-0.25, -0.2) is 4.98 Å². The van der Waals surface area contributed by atoms with E-state index in [1.54, 1.807) is 42.5 Å². The van der Waals surface area contributed by atoms with Crippen molar-refractivity contribution < 1.29 is 42.9 Å². The zero-order valence-electron chi connectivity index (χ0n) is 30.0. The molecule has 0 spiro atoms. The van der Waals surface area contributed by atoms with Crippen molar-refractivity contribution in [2.45, 2.75) is 44.9 Å². The molecule has 1 aromatic heterocycles. The van der Waals surface area contributed by atoms with E-state index < -0.39 is 47.9 Å². The van der Waals surface area contributed by atoms with Crippen molar-refractivity contribution in [2.75, 3.05) is 6.79 Å². The maximum absolute atomic E-state index is 14.6. The van der Waals surface area contributed by atoms with Crippen LogP contribution in [0, 0.1) is 5.92 Å². The molecule has 11 nitrogen and oxygen atoms in total. The molecule has 55 heavy (non-hydrogen) atoms. The number of carboxylic acid groups (broad SMARTS) is 1. The molecule has 6 aromatic rings. The Balaban J connectivity index is 1.23. The van der Waals surface area contributed by atoms with Crippen LogP contribution in [0.3, 0.4) is 0 Å². The van der Waals surface area contributed by atoms with Crippen LogP contribution in [-0.2, 0) is 37.1 Å². The third-order valence-electron chi connectivity index (χ3n) is 9.70. The number of benzene rings is 5. The number of amides is 1. The number of ether oxygens (including phenoxy) is 3. The smallest absolute Gasteiger partial charge is 0.318 e. The molecule has 7 rings (SSSR count). The number of oxazole rings is 1. The molecule has 11 heteroatoms. The maximum Gasteiger partial charge on any atom is 0.318 e. The molecule has 1 amide bonds. The van der Waals surface area contributed by atoms with Gasteiger partial charge in [0.15, 0.2) is 17.1 Å². The molecule has 1 aliphatic rings. The van der Waals surface area contributed by atoms with Crippen molar-refractivity contribution in [1.29, 1.82) is 0 Å². The number of para-hydroxylation sites is 2. The molecule has 1 unspecified atom stereocenters.